The van der Waals surface area contributed by atoms with Crippen molar-refractivity contribution >= 4 is 15.8 Å². The molecular formula is C22H32F3NO3S. The van der Waals surface area contributed by atoms with Crippen LogP contribution in [0.3, 0.4) is 0 Å². The van der Waals surface area contributed by atoms with E-state index in [0.29, 0.717) is 42.8 Å². The fraction of sp³-hybridized carbons (Fsp3) is 0.864. The molecule has 0 radical (unpaired) electrons. The maximum Gasteiger partial charge on any atom is 0.511 e. The largest absolute Gasteiger partial charge is 0.511 e. The van der Waals surface area contributed by atoms with Crippen LogP contribution in [0.5, 0.6) is 0 Å². The number of Topliss-reactive ketones (excluding diaryl/α,β-unsaturated/α-hetero) is 1. The molecule has 4 nitrogen and oxygen atoms in total. The number of carbonyl (C=O) groups is 1. The fourth-order valence-electron chi connectivity index (χ4n) is 7.72. The molecule has 0 aromatic rings. The second-order valence-electron chi connectivity index (χ2n) is 10.6. The first-order valence-corrected chi connectivity index (χ1v) is 12.6. The first kappa shape index (κ1) is 22.3. The average molecular weight is 448 g/mol. The van der Waals surface area contributed by atoms with Crippen molar-refractivity contribution in [2.45, 2.75) is 83.7 Å². The molecule has 1 unspecified atom stereocenters. The summed E-state index contributed by atoms with van der Waals surface area (Å²) in [6.07, 6.45) is 8.65. The van der Waals surface area contributed by atoms with Crippen LogP contribution >= 0.6 is 0 Å². The molecule has 3 saturated carbocycles. The molecule has 170 valence electrons. The van der Waals surface area contributed by atoms with E-state index in [1.165, 1.54) is 0 Å². The third-order valence-electron chi connectivity index (χ3n) is 9.22. The van der Waals surface area contributed by atoms with E-state index < -0.39 is 21.6 Å². The zero-order valence-electron chi connectivity index (χ0n) is 17.9. The van der Waals surface area contributed by atoms with Gasteiger partial charge in [0.2, 0.25) is 0 Å². The van der Waals surface area contributed by atoms with Gasteiger partial charge in [0.25, 0.3) is 0 Å². The van der Waals surface area contributed by atoms with Crippen LogP contribution in [0.15, 0.2) is 11.6 Å². The summed E-state index contributed by atoms with van der Waals surface area (Å²) in [7, 11) is -5.32. The van der Waals surface area contributed by atoms with Gasteiger partial charge in [-0.15, -0.1) is 0 Å². The van der Waals surface area contributed by atoms with Gasteiger partial charge >= 0.3 is 15.5 Å². The second kappa shape index (κ2) is 7.06. The van der Waals surface area contributed by atoms with E-state index in [9.17, 15) is 26.4 Å². The molecule has 0 aliphatic heterocycles. The first-order valence-electron chi connectivity index (χ1n) is 11.1. The van der Waals surface area contributed by atoms with Crippen molar-refractivity contribution in [2.75, 3.05) is 0 Å². The predicted molar refractivity (Wildman–Crippen MR) is 108 cm³/mol. The fourth-order valence-corrected chi connectivity index (χ4v) is 8.49. The van der Waals surface area contributed by atoms with Crippen LogP contribution in [0, 0.1) is 34.5 Å². The van der Waals surface area contributed by atoms with Gasteiger partial charge in [0, 0.05) is 12.0 Å². The molecule has 0 heterocycles. The standard InChI is InChI=1S/C22H32F3NO3S/c1-13(27)17-6-7-18-16-5-4-14-12-15(26-30(28,29)22(23,24)25)8-10-20(14,2)19(16)9-11-21(17,18)3/h4,15-19,26H,5-12H2,1-3H3/t15?,16-,17+,18-,19-,20-,21+/m0/s1. The molecule has 0 spiro atoms. The van der Waals surface area contributed by atoms with Crippen LogP contribution < -0.4 is 4.72 Å². The molecule has 4 aliphatic carbocycles. The van der Waals surface area contributed by atoms with Crippen molar-refractivity contribution in [1.29, 1.82) is 0 Å². The number of allylic oxidation sites excluding steroid dienone is 1. The summed E-state index contributed by atoms with van der Waals surface area (Å²) < 4.78 is 63.3. The van der Waals surface area contributed by atoms with Gasteiger partial charge in [-0.3, -0.25) is 4.79 Å². The number of fused-ring (bicyclic) bond motifs is 5. The van der Waals surface area contributed by atoms with E-state index in [1.807, 2.05) is 4.72 Å². The number of carbonyl (C=O) groups excluding carboxylic acids is 1. The molecule has 0 aromatic carbocycles. The first-order chi connectivity index (χ1) is 13.8. The molecule has 4 rings (SSSR count). The number of ketones is 1. The Balaban J connectivity index is 1.55. The van der Waals surface area contributed by atoms with Gasteiger partial charge < -0.3 is 0 Å². The van der Waals surface area contributed by atoms with Crippen molar-refractivity contribution in [3.63, 3.8) is 0 Å². The van der Waals surface area contributed by atoms with Crippen molar-refractivity contribution in [3.8, 4) is 0 Å². The summed E-state index contributed by atoms with van der Waals surface area (Å²) in [5.74, 6) is 1.93. The molecule has 7 atom stereocenters. The SMILES string of the molecule is CC(=O)[C@H]1CC[C@H]2[C@@H]3CC=C4CC(NS(=O)(=O)C(F)(F)F)CC[C@]4(C)[C@H]3CC[C@]12C. The monoisotopic (exact) mass is 447 g/mol. The van der Waals surface area contributed by atoms with Gasteiger partial charge in [0.05, 0.1) is 0 Å². The number of hydrogen-bond donors (Lipinski definition) is 1. The Morgan fingerprint density at radius 1 is 1.10 bits per heavy atom. The van der Waals surface area contributed by atoms with Crippen molar-refractivity contribution in [2.24, 2.45) is 34.5 Å². The number of sulfonamides is 1. The van der Waals surface area contributed by atoms with Gasteiger partial charge in [0.15, 0.2) is 0 Å². The molecule has 8 heteroatoms. The van der Waals surface area contributed by atoms with E-state index >= 15 is 0 Å². The molecule has 0 bridgehead atoms. The maximum atomic E-state index is 12.8. The number of nitrogens with one attached hydrogen (secondary N) is 1. The molecule has 4 aliphatic rings. The molecule has 0 amide bonds. The summed E-state index contributed by atoms with van der Waals surface area (Å²) in [5, 5.41) is 0. The number of halogens is 3. The van der Waals surface area contributed by atoms with Gasteiger partial charge in [0.1, 0.15) is 5.78 Å². The number of alkyl halides is 3. The highest BCUT2D eigenvalue weighted by Crippen LogP contribution is 2.66. The van der Waals surface area contributed by atoms with Crippen molar-refractivity contribution in [3.05, 3.63) is 11.6 Å². The summed E-state index contributed by atoms with van der Waals surface area (Å²) in [4.78, 5) is 12.2. The van der Waals surface area contributed by atoms with E-state index in [1.54, 1.807) is 6.92 Å². The van der Waals surface area contributed by atoms with Crippen LogP contribution in [0.25, 0.3) is 0 Å². The molecular weight excluding hydrogens is 415 g/mol. The van der Waals surface area contributed by atoms with E-state index in [4.69, 9.17) is 0 Å². The van der Waals surface area contributed by atoms with Crippen molar-refractivity contribution < 1.29 is 26.4 Å². The minimum Gasteiger partial charge on any atom is -0.300 e. The van der Waals surface area contributed by atoms with Crippen LogP contribution in [-0.2, 0) is 14.8 Å². The van der Waals surface area contributed by atoms with Crippen LogP contribution in [0.4, 0.5) is 13.2 Å². The van der Waals surface area contributed by atoms with Gasteiger partial charge in [-0.2, -0.15) is 13.2 Å². The summed E-state index contributed by atoms with van der Waals surface area (Å²) >= 11 is 0. The third kappa shape index (κ3) is 3.28. The Labute approximate surface area is 177 Å². The minimum absolute atomic E-state index is 0.0637. The van der Waals surface area contributed by atoms with E-state index in [0.717, 1.165) is 37.7 Å². The number of hydrogen-bond acceptors (Lipinski definition) is 3. The number of rotatable bonds is 3. The highest BCUT2D eigenvalue weighted by atomic mass is 32.2. The average Bonchev–Trinajstić information content (AvgIpc) is 2.98. The zero-order chi connectivity index (χ0) is 22.1. The molecule has 3 fully saturated rings. The van der Waals surface area contributed by atoms with Crippen LogP contribution in [0.2, 0.25) is 0 Å². The third-order valence-corrected chi connectivity index (χ3v) is 10.5. The Morgan fingerprint density at radius 2 is 1.80 bits per heavy atom. The van der Waals surface area contributed by atoms with Gasteiger partial charge in [-0.1, -0.05) is 25.5 Å². The highest BCUT2D eigenvalue weighted by molar-refractivity contribution is 7.90. The quantitative estimate of drug-likeness (QED) is 0.622. The zero-order valence-corrected chi connectivity index (χ0v) is 18.7. The lowest BCUT2D eigenvalue weighted by atomic mass is 9.47. The van der Waals surface area contributed by atoms with E-state index in [2.05, 4.69) is 19.9 Å². The van der Waals surface area contributed by atoms with Crippen LogP contribution in [-0.4, -0.2) is 25.8 Å². The van der Waals surface area contributed by atoms with Crippen LogP contribution in [0.1, 0.15) is 72.1 Å². The normalized spacial score (nSPS) is 43.9. The molecule has 0 aromatic heterocycles. The molecule has 30 heavy (non-hydrogen) atoms. The summed E-state index contributed by atoms with van der Waals surface area (Å²) in [6.45, 7) is 6.23. The molecule has 0 saturated heterocycles. The van der Waals surface area contributed by atoms with Gasteiger partial charge in [-0.05, 0) is 86.9 Å². The van der Waals surface area contributed by atoms with Gasteiger partial charge in [-0.25, -0.2) is 13.1 Å². The van der Waals surface area contributed by atoms with E-state index in [-0.39, 0.29) is 16.7 Å². The Bertz CT molecular complexity index is 867. The smallest absolute Gasteiger partial charge is 0.300 e. The Hall–Kier alpha value is -0.890. The predicted octanol–water partition coefficient (Wildman–Crippen LogP) is 4.96. The maximum absolute atomic E-state index is 12.8. The van der Waals surface area contributed by atoms with Crippen molar-refractivity contribution in [1.82, 2.24) is 4.72 Å². The summed E-state index contributed by atoms with van der Waals surface area (Å²) in [6, 6.07) is -0.699. The second-order valence-corrected chi connectivity index (χ2v) is 12.3. The minimum atomic E-state index is -5.32. The lowest BCUT2D eigenvalue weighted by Gasteiger charge is -2.58. The topological polar surface area (TPSA) is 63.2 Å². The highest BCUT2D eigenvalue weighted by Gasteiger charge is 2.59. The lowest BCUT2D eigenvalue weighted by molar-refractivity contribution is -0.127. The molecule has 1 N–H and O–H groups in total. The summed E-state index contributed by atoms with van der Waals surface area (Å²) in [5.41, 5.74) is -4.18. The lowest BCUT2D eigenvalue weighted by Crippen LogP contribution is -2.52. The Morgan fingerprint density at radius 3 is 2.43 bits per heavy atom. The Kier molecular flexibility index (Phi) is 5.25.